The number of benzene rings is 14. The van der Waals surface area contributed by atoms with Crippen molar-refractivity contribution in [2.24, 2.45) is 0 Å². The van der Waals surface area contributed by atoms with Gasteiger partial charge in [-0.3, -0.25) is 0 Å². The summed E-state index contributed by atoms with van der Waals surface area (Å²) in [6.45, 7) is 0. The quantitative estimate of drug-likeness (QED) is 0.0902. The van der Waals surface area contributed by atoms with Gasteiger partial charge in [-0.2, -0.15) is 0 Å². The van der Waals surface area contributed by atoms with Crippen molar-refractivity contribution < 1.29 is 0 Å². The van der Waals surface area contributed by atoms with Crippen LogP contribution in [0.3, 0.4) is 0 Å². The first-order chi connectivity index (χ1) is 43.7. The first-order valence-corrected chi connectivity index (χ1v) is 33.1. The molecule has 0 fully saturated rings. The van der Waals surface area contributed by atoms with Crippen LogP contribution in [0.25, 0.3) is 131 Å². The highest BCUT2D eigenvalue weighted by Gasteiger charge is 2.43. The predicted octanol–water partition coefficient (Wildman–Crippen LogP) is 20.0. The lowest BCUT2D eigenvalue weighted by atomic mass is 9.92. The van der Waals surface area contributed by atoms with E-state index in [9.17, 15) is 0 Å². The fourth-order valence-corrected chi connectivity index (χ4v) is 20.5. The van der Waals surface area contributed by atoms with Crippen LogP contribution >= 0.6 is 11.3 Å². The monoisotopic (exact) mass is 1150 g/mol. The van der Waals surface area contributed by atoms with E-state index in [1.54, 1.807) is 0 Å². The van der Waals surface area contributed by atoms with Crippen molar-refractivity contribution >= 4 is 104 Å². The summed E-state index contributed by atoms with van der Waals surface area (Å²) in [4.78, 5) is 0. The van der Waals surface area contributed by atoms with Gasteiger partial charge in [-0.05, 0) is 90.5 Å². The molecule has 412 valence electrons. The molecule has 2 nitrogen and oxygen atoms in total. The Balaban J connectivity index is 0.936. The van der Waals surface area contributed by atoms with Gasteiger partial charge in [0, 0.05) is 69.7 Å². The minimum atomic E-state index is -3.17. The van der Waals surface area contributed by atoms with Crippen molar-refractivity contribution in [1.82, 2.24) is 9.13 Å². The van der Waals surface area contributed by atoms with E-state index >= 15 is 0 Å². The molecule has 14 aromatic carbocycles. The first kappa shape index (κ1) is 51.5. The van der Waals surface area contributed by atoms with Gasteiger partial charge in [-0.1, -0.05) is 303 Å². The summed E-state index contributed by atoms with van der Waals surface area (Å²) in [5.74, 6) is 0. The summed E-state index contributed by atoms with van der Waals surface area (Å²) in [6.07, 6.45) is 0. The van der Waals surface area contributed by atoms with Gasteiger partial charge in [-0.15, -0.1) is 11.3 Å². The van der Waals surface area contributed by atoms with Gasteiger partial charge < -0.3 is 9.13 Å². The van der Waals surface area contributed by atoms with Crippen LogP contribution in [0.4, 0.5) is 0 Å². The smallest absolute Gasteiger partial charge is 0.179 e. The number of para-hydroxylation sites is 3. The molecule has 0 N–H and O–H groups in total. The lowest BCUT2D eigenvalue weighted by Gasteiger charge is -2.36. The lowest BCUT2D eigenvalue weighted by Crippen LogP contribution is -2.74. The van der Waals surface area contributed by atoms with E-state index in [0.717, 1.165) is 33.5 Å². The summed E-state index contributed by atoms with van der Waals surface area (Å²) < 4.78 is 7.73. The van der Waals surface area contributed by atoms with Crippen LogP contribution in [0.2, 0.25) is 0 Å². The molecule has 88 heavy (non-hydrogen) atoms. The molecule has 0 bridgehead atoms. The number of hydrogen-bond donors (Lipinski definition) is 0. The van der Waals surface area contributed by atoms with Crippen molar-refractivity contribution in [3.05, 3.63) is 340 Å². The summed E-state index contributed by atoms with van der Waals surface area (Å²) >= 11 is 1.89. The van der Waals surface area contributed by atoms with E-state index in [2.05, 4.69) is 349 Å². The summed E-state index contributed by atoms with van der Waals surface area (Å²) in [6, 6.07) is 127. The molecule has 0 unspecified atom stereocenters. The number of thiophene rings is 1. The molecule has 0 radical (unpaired) electrons. The maximum absolute atomic E-state index is 3.17. The van der Waals surface area contributed by atoms with Gasteiger partial charge in [0.05, 0.1) is 27.8 Å². The molecule has 4 heteroatoms. The Hall–Kier alpha value is -10.9. The van der Waals surface area contributed by atoms with Gasteiger partial charge in [0.15, 0.2) is 8.07 Å². The van der Waals surface area contributed by atoms with Crippen molar-refractivity contribution in [3.63, 3.8) is 0 Å². The van der Waals surface area contributed by atoms with Crippen molar-refractivity contribution in [3.8, 4) is 67.0 Å². The molecule has 3 aromatic heterocycles. The maximum atomic E-state index is 2.58. The number of aromatic nitrogens is 2. The molecule has 3 heterocycles. The number of nitrogens with zero attached hydrogens (tertiary/aromatic N) is 2. The molecule has 0 saturated heterocycles. The zero-order valence-electron chi connectivity index (χ0n) is 48.1. The molecule has 0 aliphatic rings. The van der Waals surface area contributed by atoms with Gasteiger partial charge in [0.2, 0.25) is 0 Å². The van der Waals surface area contributed by atoms with Crippen molar-refractivity contribution in [2.45, 2.75) is 0 Å². The third kappa shape index (κ3) is 8.22. The minimum Gasteiger partial charge on any atom is -0.309 e. The zero-order chi connectivity index (χ0) is 58.1. The number of fused-ring (bicyclic) bond motifs is 9. The third-order valence-electron chi connectivity index (χ3n) is 18.3. The molecule has 0 spiro atoms. The van der Waals surface area contributed by atoms with Gasteiger partial charge in [0.1, 0.15) is 0 Å². The topological polar surface area (TPSA) is 9.86 Å². The molecule has 0 atom stereocenters. The van der Waals surface area contributed by atoms with Crippen LogP contribution in [0.1, 0.15) is 0 Å². The Morgan fingerprint density at radius 1 is 0.239 bits per heavy atom. The summed E-state index contributed by atoms with van der Waals surface area (Å²) in [5.41, 5.74) is 18.9. The van der Waals surface area contributed by atoms with Crippen LogP contribution in [-0.2, 0) is 0 Å². The van der Waals surface area contributed by atoms with E-state index in [0.29, 0.717) is 0 Å². The fraction of sp³-hybridized carbons (Fsp3) is 0. The van der Waals surface area contributed by atoms with E-state index in [-0.39, 0.29) is 0 Å². The Morgan fingerprint density at radius 3 is 1.33 bits per heavy atom. The maximum Gasteiger partial charge on any atom is 0.179 e. The SMILES string of the molecule is c1ccc(-c2cccc([Si](c3ccccc3)(c3ccccc3)c3cc(-c4ccccc4)c(-n4c5ccccc5c5cc(-n6c7ccccc7c7cccc(-c8ccccc8-c8cccc9c8sc8ccccc89)c76)ccc54)c(-c4ccccc4)c3)c2)cc1. The van der Waals surface area contributed by atoms with Crippen LogP contribution in [-0.4, -0.2) is 17.2 Å². The van der Waals surface area contributed by atoms with Crippen molar-refractivity contribution in [1.29, 1.82) is 0 Å². The Kier molecular flexibility index (Phi) is 12.5. The second kappa shape index (κ2) is 21.3. The third-order valence-corrected chi connectivity index (χ3v) is 24.2. The van der Waals surface area contributed by atoms with Gasteiger partial charge >= 0.3 is 0 Å². The lowest BCUT2D eigenvalue weighted by molar-refractivity contribution is 1.17. The van der Waals surface area contributed by atoms with E-state index in [1.165, 1.54) is 118 Å². The number of rotatable bonds is 11. The normalized spacial score (nSPS) is 11.9. The molecule has 0 amide bonds. The largest absolute Gasteiger partial charge is 0.309 e. The average molecular weight is 1150 g/mol. The van der Waals surface area contributed by atoms with Crippen LogP contribution in [0, 0.1) is 0 Å². The van der Waals surface area contributed by atoms with Gasteiger partial charge in [0.25, 0.3) is 0 Å². The molecule has 17 aromatic rings. The van der Waals surface area contributed by atoms with Crippen molar-refractivity contribution in [2.75, 3.05) is 0 Å². The van der Waals surface area contributed by atoms with E-state index in [4.69, 9.17) is 0 Å². The molecule has 17 rings (SSSR count). The van der Waals surface area contributed by atoms with Gasteiger partial charge in [-0.25, -0.2) is 0 Å². The first-order valence-electron chi connectivity index (χ1n) is 30.3. The average Bonchev–Trinajstić information content (AvgIpc) is 1.66. The molecule has 0 saturated carbocycles. The molecule has 0 aliphatic carbocycles. The summed E-state index contributed by atoms with van der Waals surface area (Å²) in [7, 11) is -3.17. The molecular formula is C84H56N2SSi. The highest BCUT2D eigenvalue weighted by Crippen LogP contribution is 2.47. The van der Waals surface area contributed by atoms with Crippen LogP contribution in [0.5, 0.6) is 0 Å². The highest BCUT2D eigenvalue weighted by molar-refractivity contribution is 7.26. The Bertz CT molecular complexity index is 5390. The second-order valence-electron chi connectivity index (χ2n) is 23.0. The Labute approximate surface area is 516 Å². The van der Waals surface area contributed by atoms with E-state index in [1.807, 2.05) is 11.3 Å². The second-order valence-corrected chi connectivity index (χ2v) is 27.9. The Morgan fingerprint density at radius 2 is 0.682 bits per heavy atom. The number of hydrogen-bond acceptors (Lipinski definition) is 1. The predicted molar refractivity (Wildman–Crippen MR) is 379 cm³/mol. The fourth-order valence-electron chi connectivity index (χ4n) is 14.5. The summed E-state index contributed by atoms with van der Waals surface area (Å²) in [5, 5.41) is 12.7. The highest BCUT2D eigenvalue weighted by atomic mass is 32.1. The molecule has 0 aliphatic heterocycles. The van der Waals surface area contributed by atoms with Crippen LogP contribution in [0.15, 0.2) is 340 Å². The molecular weight excluding hydrogens is 1100 g/mol. The minimum absolute atomic E-state index is 1.11. The zero-order valence-corrected chi connectivity index (χ0v) is 50.0. The standard InChI is InChI=1S/C84H56N2SSi/c1-6-27-57(28-7-1)60-33-24-38-64(53-60)88(62-34-12-4-13-35-62,63-36-14-5-15-37-63)65-55-75(58-29-8-2-9-30-58)83(76(56-65)59-31-10-3-11-32-59)86-79-49-22-19-42-69(79)77-54-61(51-52-80(77)86)85-78-48-21-18-41-68(78)72-45-25-44-71(82(72)85)66-39-16-17-40-67(66)73-46-26-47-74-70-43-20-23-50-81(70)87-84(73)74/h1-56H. The van der Waals surface area contributed by atoms with E-state index < -0.39 is 8.07 Å². The van der Waals surface area contributed by atoms with Crippen LogP contribution < -0.4 is 20.7 Å².